The zero-order valence-corrected chi connectivity index (χ0v) is 19.9. The number of aliphatic imine (C=N–C) groups is 1. The highest BCUT2D eigenvalue weighted by Gasteiger charge is 2.24. The Kier molecular flexibility index (Phi) is 10.1. The van der Waals surface area contributed by atoms with Crippen LogP contribution in [0.1, 0.15) is 30.9 Å². The number of likely N-dealkylation sites (tertiary alicyclic amines) is 1. The smallest absolute Gasteiger partial charge is 0.409 e. The fourth-order valence-corrected chi connectivity index (χ4v) is 3.40. The van der Waals surface area contributed by atoms with Gasteiger partial charge in [0, 0.05) is 39.8 Å². The predicted molar refractivity (Wildman–Crippen MR) is 125 cm³/mol. The van der Waals surface area contributed by atoms with Crippen molar-refractivity contribution in [2.24, 2.45) is 4.99 Å². The lowest BCUT2D eigenvalue weighted by Gasteiger charge is -2.32. The number of rotatable bonds is 8. The minimum Gasteiger partial charge on any atom is -0.496 e. The van der Waals surface area contributed by atoms with Gasteiger partial charge in [-0.1, -0.05) is 12.1 Å². The molecule has 9 heteroatoms. The van der Waals surface area contributed by atoms with Crippen LogP contribution in [0.25, 0.3) is 0 Å². The molecule has 0 bridgehead atoms. The molecule has 1 aromatic rings. The molecule has 0 spiro atoms. The van der Waals surface area contributed by atoms with Crippen molar-refractivity contribution in [3.8, 4) is 5.75 Å². The van der Waals surface area contributed by atoms with Crippen LogP contribution in [0.3, 0.4) is 0 Å². The van der Waals surface area contributed by atoms with E-state index in [1.165, 1.54) is 4.90 Å². The number of hydrogen-bond acceptors (Lipinski definition) is 5. The molecule has 1 aliphatic rings. The third-order valence-corrected chi connectivity index (χ3v) is 5.41. The van der Waals surface area contributed by atoms with Gasteiger partial charge in [-0.05, 0) is 50.3 Å². The van der Waals surface area contributed by atoms with Crippen molar-refractivity contribution in [2.75, 3.05) is 54.0 Å². The molecular formula is C23H37N5O4. The van der Waals surface area contributed by atoms with Crippen LogP contribution in [-0.4, -0.2) is 87.8 Å². The van der Waals surface area contributed by atoms with Gasteiger partial charge in [0.1, 0.15) is 12.3 Å². The van der Waals surface area contributed by atoms with Crippen molar-refractivity contribution in [1.82, 2.24) is 20.4 Å². The molecule has 2 rings (SSSR count). The summed E-state index contributed by atoms with van der Waals surface area (Å²) in [5.74, 6) is 1.42. The summed E-state index contributed by atoms with van der Waals surface area (Å²) < 4.78 is 10.5. The molecule has 178 valence electrons. The van der Waals surface area contributed by atoms with Gasteiger partial charge in [0.15, 0.2) is 5.96 Å². The molecule has 9 nitrogen and oxygen atoms in total. The van der Waals surface area contributed by atoms with Gasteiger partial charge >= 0.3 is 6.09 Å². The molecule has 0 aromatic heterocycles. The Morgan fingerprint density at radius 2 is 1.97 bits per heavy atom. The Morgan fingerprint density at radius 3 is 2.59 bits per heavy atom. The summed E-state index contributed by atoms with van der Waals surface area (Å²) in [5, 5.41) is 6.76. The average Bonchev–Trinajstić information content (AvgIpc) is 2.78. The summed E-state index contributed by atoms with van der Waals surface area (Å²) in [6.07, 6.45) is 2.11. The molecule has 1 aromatic carbocycles. The summed E-state index contributed by atoms with van der Waals surface area (Å²) in [6.45, 7) is 6.20. The number of piperidine rings is 1. The van der Waals surface area contributed by atoms with Crippen molar-refractivity contribution in [1.29, 1.82) is 0 Å². The van der Waals surface area contributed by atoms with E-state index in [9.17, 15) is 9.59 Å². The highest BCUT2D eigenvalue weighted by atomic mass is 16.6. The van der Waals surface area contributed by atoms with Gasteiger partial charge in [-0.2, -0.15) is 0 Å². The maximum Gasteiger partial charge on any atom is 0.409 e. The molecule has 0 saturated carbocycles. The SMILES string of the molecule is CCOC(=O)N1CCC(NC(=NCC(=O)N(C)C)NCCc2ccc(C)c(OC)c2)CC1. The first-order valence-electron chi connectivity index (χ1n) is 11.1. The zero-order chi connectivity index (χ0) is 23.5. The maximum absolute atomic E-state index is 12.0. The Morgan fingerprint density at radius 1 is 1.25 bits per heavy atom. The fraction of sp³-hybridized carbons (Fsp3) is 0.609. The first kappa shape index (κ1) is 25.3. The number of carbonyl (C=O) groups excluding carboxylic acids is 2. The lowest BCUT2D eigenvalue weighted by atomic mass is 10.1. The van der Waals surface area contributed by atoms with E-state index in [2.05, 4.69) is 27.8 Å². The van der Waals surface area contributed by atoms with Crippen LogP contribution in [0.4, 0.5) is 4.79 Å². The van der Waals surface area contributed by atoms with E-state index in [1.54, 1.807) is 26.1 Å². The van der Waals surface area contributed by atoms with E-state index in [1.807, 2.05) is 19.9 Å². The first-order chi connectivity index (χ1) is 15.3. The molecule has 0 radical (unpaired) electrons. The average molecular weight is 448 g/mol. The molecule has 0 unspecified atom stereocenters. The second-order valence-corrected chi connectivity index (χ2v) is 8.04. The van der Waals surface area contributed by atoms with E-state index in [4.69, 9.17) is 9.47 Å². The van der Waals surface area contributed by atoms with Gasteiger partial charge < -0.3 is 29.9 Å². The quantitative estimate of drug-likeness (QED) is 0.466. The van der Waals surface area contributed by atoms with Crippen LogP contribution in [0.5, 0.6) is 5.75 Å². The van der Waals surface area contributed by atoms with Crippen LogP contribution in [0.15, 0.2) is 23.2 Å². The number of hydrogen-bond donors (Lipinski definition) is 2. The first-order valence-corrected chi connectivity index (χ1v) is 11.1. The molecule has 1 aliphatic heterocycles. The Hall–Kier alpha value is -2.97. The number of guanidine groups is 1. The van der Waals surface area contributed by atoms with E-state index >= 15 is 0 Å². The lowest BCUT2D eigenvalue weighted by Crippen LogP contribution is -2.50. The third kappa shape index (κ3) is 7.94. The number of carbonyl (C=O) groups is 2. The van der Waals surface area contributed by atoms with Gasteiger partial charge in [-0.25, -0.2) is 9.79 Å². The second kappa shape index (κ2) is 12.8. The number of ether oxygens (including phenoxy) is 2. The maximum atomic E-state index is 12.0. The minimum atomic E-state index is -0.261. The van der Waals surface area contributed by atoms with Gasteiger partial charge in [0.05, 0.1) is 13.7 Å². The predicted octanol–water partition coefficient (Wildman–Crippen LogP) is 1.79. The molecule has 32 heavy (non-hydrogen) atoms. The van der Waals surface area contributed by atoms with Crippen LogP contribution >= 0.6 is 0 Å². The largest absolute Gasteiger partial charge is 0.496 e. The Balaban J connectivity index is 1.93. The molecule has 0 atom stereocenters. The van der Waals surface area contributed by atoms with Gasteiger partial charge in [-0.3, -0.25) is 4.79 Å². The summed E-state index contributed by atoms with van der Waals surface area (Å²) in [6, 6.07) is 6.35. The van der Waals surface area contributed by atoms with Gasteiger partial charge in [0.2, 0.25) is 5.91 Å². The fourth-order valence-electron chi connectivity index (χ4n) is 3.40. The van der Waals surface area contributed by atoms with E-state index in [0.717, 1.165) is 36.1 Å². The number of nitrogens with zero attached hydrogens (tertiary/aromatic N) is 3. The number of likely N-dealkylation sites (N-methyl/N-ethyl adjacent to an activating group) is 1. The summed E-state index contributed by atoms with van der Waals surface area (Å²) >= 11 is 0. The van der Waals surface area contributed by atoms with Gasteiger partial charge in [0.25, 0.3) is 0 Å². The molecule has 0 aliphatic carbocycles. The molecule has 1 fully saturated rings. The molecule has 2 amide bonds. The zero-order valence-electron chi connectivity index (χ0n) is 19.9. The highest BCUT2D eigenvalue weighted by molar-refractivity contribution is 5.85. The molecule has 1 heterocycles. The Bertz CT molecular complexity index is 789. The highest BCUT2D eigenvalue weighted by Crippen LogP contribution is 2.19. The molecular weight excluding hydrogens is 410 g/mol. The topological polar surface area (TPSA) is 95.5 Å². The van der Waals surface area contributed by atoms with Crippen molar-refractivity contribution in [3.63, 3.8) is 0 Å². The summed E-state index contributed by atoms with van der Waals surface area (Å²) in [4.78, 5) is 31.6. The summed E-state index contributed by atoms with van der Waals surface area (Å²) in [5.41, 5.74) is 2.26. The van der Waals surface area contributed by atoms with Crippen LogP contribution in [-0.2, 0) is 16.0 Å². The van der Waals surface area contributed by atoms with E-state index in [-0.39, 0.29) is 24.6 Å². The number of nitrogens with one attached hydrogen (secondary N) is 2. The normalized spacial score (nSPS) is 14.7. The van der Waals surface area contributed by atoms with Crippen LogP contribution < -0.4 is 15.4 Å². The van der Waals surface area contributed by atoms with Crippen molar-refractivity contribution in [2.45, 2.75) is 39.2 Å². The van der Waals surface area contributed by atoms with E-state index in [0.29, 0.717) is 32.2 Å². The van der Waals surface area contributed by atoms with Crippen LogP contribution in [0, 0.1) is 6.92 Å². The van der Waals surface area contributed by atoms with Crippen LogP contribution in [0.2, 0.25) is 0 Å². The monoisotopic (exact) mass is 447 g/mol. The summed E-state index contributed by atoms with van der Waals surface area (Å²) in [7, 11) is 5.11. The number of methoxy groups -OCH3 is 1. The standard InChI is InChI=1S/C23H37N5O4/c1-6-32-23(30)28-13-10-19(11-14-28)26-22(25-16-21(29)27(3)4)24-12-9-18-8-7-17(2)20(15-18)31-5/h7-8,15,19H,6,9-14,16H2,1-5H3,(H2,24,25,26). The van der Waals surface area contributed by atoms with Crippen molar-refractivity contribution >= 4 is 18.0 Å². The van der Waals surface area contributed by atoms with Crippen molar-refractivity contribution in [3.05, 3.63) is 29.3 Å². The number of amides is 2. The number of benzene rings is 1. The number of aryl methyl sites for hydroxylation is 1. The third-order valence-electron chi connectivity index (χ3n) is 5.41. The molecule has 2 N–H and O–H groups in total. The minimum absolute atomic E-state index is 0.0634. The Labute approximate surface area is 191 Å². The van der Waals surface area contributed by atoms with Crippen molar-refractivity contribution < 1.29 is 19.1 Å². The van der Waals surface area contributed by atoms with E-state index < -0.39 is 0 Å². The second-order valence-electron chi connectivity index (χ2n) is 8.04. The molecule has 1 saturated heterocycles. The van der Waals surface area contributed by atoms with Gasteiger partial charge in [-0.15, -0.1) is 0 Å². The lowest BCUT2D eigenvalue weighted by molar-refractivity contribution is -0.127.